The van der Waals surface area contributed by atoms with E-state index in [9.17, 15) is 0 Å². The maximum absolute atomic E-state index is 3.63. The maximum Gasteiger partial charge on any atom is 0.0305 e. The molecule has 0 fully saturated rings. The largest absolute Gasteiger partial charge is 0.305 e. The van der Waals surface area contributed by atoms with E-state index in [4.69, 9.17) is 0 Å². The molecule has 1 atom stereocenters. The number of thiophene rings is 1. The Morgan fingerprint density at radius 3 is 2.79 bits per heavy atom. The lowest BCUT2D eigenvalue weighted by atomic mass is 10.0. The molecule has 0 saturated carbocycles. The summed E-state index contributed by atoms with van der Waals surface area (Å²) in [6, 6.07) is 11.9. The van der Waals surface area contributed by atoms with Crippen molar-refractivity contribution in [2.24, 2.45) is 0 Å². The lowest BCUT2D eigenvalue weighted by Crippen LogP contribution is -2.17. The third-order valence-electron chi connectivity index (χ3n) is 4.00. The van der Waals surface area contributed by atoms with Gasteiger partial charge in [-0.3, -0.25) is 0 Å². The van der Waals surface area contributed by atoms with Crippen molar-refractivity contribution < 1.29 is 0 Å². The van der Waals surface area contributed by atoms with E-state index in [1.54, 1.807) is 11.1 Å². The number of aryl methyl sites for hydroxylation is 3. The molecule has 0 aliphatic heterocycles. The van der Waals surface area contributed by atoms with Gasteiger partial charge in [0.25, 0.3) is 0 Å². The summed E-state index contributed by atoms with van der Waals surface area (Å²) in [5.41, 5.74) is 4.55. The van der Waals surface area contributed by atoms with Gasteiger partial charge < -0.3 is 5.32 Å². The fraction of sp³-hybridized carbons (Fsp3) is 0.412. The van der Waals surface area contributed by atoms with Crippen LogP contribution in [-0.2, 0) is 19.4 Å². The molecule has 0 radical (unpaired) electrons. The minimum atomic E-state index is 0.424. The summed E-state index contributed by atoms with van der Waals surface area (Å²) in [5.74, 6) is 0. The van der Waals surface area contributed by atoms with E-state index in [-0.39, 0.29) is 0 Å². The molecule has 1 unspecified atom stereocenters. The molecule has 0 spiro atoms. The first-order valence-electron chi connectivity index (χ1n) is 7.13. The second kappa shape index (κ2) is 5.48. The topological polar surface area (TPSA) is 12.0 Å². The predicted molar refractivity (Wildman–Crippen MR) is 82.8 cm³/mol. The predicted octanol–water partition coefficient (Wildman–Crippen LogP) is 4.40. The van der Waals surface area contributed by atoms with Crippen molar-refractivity contribution >= 4 is 11.3 Å². The van der Waals surface area contributed by atoms with Crippen molar-refractivity contribution in [1.82, 2.24) is 5.32 Å². The van der Waals surface area contributed by atoms with Crippen molar-refractivity contribution in [2.45, 2.75) is 45.7 Å². The zero-order valence-electron chi connectivity index (χ0n) is 11.7. The van der Waals surface area contributed by atoms with E-state index in [1.165, 1.54) is 34.6 Å². The van der Waals surface area contributed by atoms with E-state index < -0.39 is 0 Å². The molecule has 0 saturated heterocycles. The molecule has 2 heteroatoms. The lowest BCUT2D eigenvalue weighted by molar-refractivity contribution is 0.578. The van der Waals surface area contributed by atoms with Crippen molar-refractivity contribution in [3.8, 4) is 0 Å². The zero-order chi connectivity index (χ0) is 13.2. The van der Waals surface area contributed by atoms with Gasteiger partial charge >= 0.3 is 0 Å². The van der Waals surface area contributed by atoms with Gasteiger partial charge in [0.05, 0.1) is 0 Å². The van der Waals surface area contributed by atoms with Gasteiger partial charge in [0.1, 0.15) is 0 Å². The minimum Gasteiger partial charge on any atom is -0.305 e. The summed E-state index contributed by atoms with van der Waals surface area (Å²) in [4.78, 5) is 2.81. The first-order chi connectivity index (χ1) is 9.22. The second-order valence-electron chi connectivity index (χ2n) is 5.50. The van der Waals surface area contributed by atoms with Crippen molar-refractivity contribution in [1.29, 1.82) is 0 Å². The summed E-state index contributed by atoms with van der Waals surface area (Å²) >= 11 is 1.88. The summed E-state index contributed by atoms with van der Waals surface area (Å²) in [6.07, 6.45) is 3.86. The van der Waals surface area contributed by atoms with E-state index in [1.807, 2.05) is 11.3 Å². The van der Waals surface area contributed by atoms with Gasteiger partial charge in [-0.2, -0.15) is 0 Å². The Hall–Kier alpha value is -1.12. The number of nitrogens with one attached hydrogen (secondary N) is 1. The highest BCUT2D eigenvalue weighted by atomic mass is 32.1. The third-order valence-corrected chi connectivity index (χ3v) is 5.00. The average Bonchev–Trinajstić information content (AvgIpc) is 3.03. The minimum absolute atomic E-state index is 0.424. The van der Waals surface area contributed by atoms with Crippen LogP contribution in [0.5, 0.6) is 0 Å². The molecule has 1 aliphatic carbocycles. The fourth-order valence-corrected chi connectivity index (χ4v) is 3.65. The summed E-state index contributed by atoms with van der Waals surface area (Å²) in [7, 11) is 0. The molecular weight excluding hydrogens is 250 g/mol. The van der Waals surface area contributed by atoms with Crippen LogP contribution >= 0.6 is 11.3 Å². The second-order valence-corrected chi connectivity index (χ2v) is 6.87. The van der Waals surface area contributed by atoms with E-state index in [0.29, 0.717) is 6.04 Å². The van der Waals surface area contributed by atoms with Gasteiger partial charge in [-0.15, -0.1) is 11.3 Å². The maximum atomic E-state index is 3.63. The van der Waals surface area contributed by atoms with Crippen LogP contribution in [0.2, 0.25) is 0 Å². The molecular formula is C17H21NS. The normalized spacial score (nSPS) is 15.5. The summed E-state index contributed by atoms with van der Waals surface area (Å²) in [6.45, 7) is 5.39. The van der Waals surface area contributed by atoms with Gasteiger partial charge in [-0.25, -0.2) is 0 Å². The van der Waals surface area contributed by atoms with Crippen molar-refractivity contribution in [2.75, 3.05) is 0 Å². The quantitative estimate of drug-likeness (QED) is 0.869. The number of rotatable bonds is 4. The van der Waals surface area contributed by atoms with Gasteiger partial charge in [0, 0.05) is 22.3 Å². The highest BCUT2D eigenvalue weighted by Gasteiger charge is 2.13. The van der Waals surface area contributed by atoms with Crippen molar-refractivity contribution in [3.63, 3.8) is 0 Å². The molecule has 1 heterocycles. The molecule has 100 valence electrons. The van der Waals surface area contributed by atoms with Crippen LogP contribution in [0.1, 0.15) is 45.8 Å². The highest BCUT2D eigenvalue weighted by Crippen LogP contribution is 2.25. The highest BCUT2D eigenvalue weighted by molar-refractivity contribution is 7.11. The van der Waals surface area contributed by atoms with Crippen LogP contribution in [0.15, 0.2) is 30.3 Å². The van der Waals surface area contributed by atoms with E-state index in [0.717, 1.165) is 6.54 Å². The molecule has 1 aromatic heterocycles. The molecule has 1 aliphatic rings. The Kier molecular flexibility index (Phi) is 3.72. The Bertz CT molecular complexity index is 570. The van der Waals surface area contributed by atoms with Gasteiger partial charge in [0.15, 0.2) is 0 Å². The molecule has 1 N–H and O–H groups in total. The standard InChI is InChI=1S/C17H21NS/c1-12-6-9-17(19-12)11-18-13(2)15-8-7-14-4-3-5-16(14)10-15/h6-10,13,18H,3-5,11H2,1-2H3. The molecule has 1 nitrogen and oxygen atoms in total. The SMILES string of the molecule is Cc1ccc(CNC(C)c2ccc3c(c2)CCC3)s1. The Morgan fingerprint density at radius 2 is 2.00 bits per heavy atom. The first-order valence-corrected chi connectivity index (χ1v) is 7.94. The Morgan fingerprint density at radius 1 is 1.16 bits per heavy atom. The first kappa shape index (κ1) is 12.9. The number of benzene rings is 1. The Balaban J connectivity index is 1.65. The third kappa shape index (κ3) is 2.90. The molecule has 1 aromatic carbocycles. The van der Waals surface area contributed by atoms with Crippen LogP contribution in [0, 0.1) is 6.92 Å². The summed E-state index contributed by atoms with van der Waals surface area (Å²) in [5, 5.41) is 3.63. The molecule has 0 amide bonds. The van der Waals surface area contributed by atoms with Gasteiger partial charge in [-0.05, 0) is 61.9 Å². The van der Waals surface area contributed by atoms with Crippen LogP contribution in [-0.4, -0.2) is 0 Å². The summed E-state index contributed by atoms with van der Waals surface area (Å²) < 4.78 is 0. The smallest absolute Gasteiger partial charge is 0.0305 e. The van der Waals surface area contributed by atoms with E-state index in [2.05, 4.69) is 49.5 Å². The molecule has 3 rings (SSSR count). The number of hydrogen-bond donors (Lipinski definition) is 1. The molecule has 0 bridgehead atoms. The van der Waals surface area contributed by atoms with Crippen LogP contribution in [0.3, 0.4) is 0 Å². The molecule has 19 heavy (non-hydrogen) atoms. The van der Waals surface area contributed by atoms with Crippen LogP contribution in [0.25, 0.3) is 0 Å². The van der Waals surface area contributed by atoms with Crippen LogP contribution in [0.4, 0.5) is 0 Å². The van der Waals surface area contributed by atoms with Crippen molar-refractivity contribution in [3.05, 3.63) is 56.8 Å². The molecule has 2 aromatic rings. The fourth-order valence-electron chi connectivity index (χ4n) is 2.81. The monoisotopic (exact) mass is 271 g/mol. The van der Waals surface area contributed by atoms with Gasteiger partial charge in [0.2, 0.25) is 0 Å². The zero-order valence-corrected chi connectivity index (χ0v) is 12.5. The van der Waals surface area contributed by atoms with Crippen LogP contribution < -0.4 is 5.32 Å². The van der Waals surface area contributed by atoms with E-state index >= 15 is 0 Å². The number of fused-ring (bicyclic) bond motifs is 1. The lowest BCUT2D eigenvalue weighted by Gasteiger charge is -2.15. The Labute approximate surface area is 119 Å². The number of hydrogen-bond acceptors (Lipinski definition) is 2. The van der Waals surface area contributed by atoms with Gasteiger partial charge in [-0.1, -0.05) is 18.2 Å². The average molecular weight is 271 g/mol.